The van der Waals surface area contributed by atoms with Gasteiger partial charge in [-0.15, -0.1) is 0 Å². The predicted octanol–water partition coefficient (Wildman–Crippen LogP) is 4.02. The third-order valence-corrected chi connectivity index (χ3v) is 7.50. The predicted molar refractivity (Wildman–Crippen MR) is 124 cm³/mol. The van der Waals surface area contributed by atoms with Crippen LogP contribution in [0.3, 0.4) is 0 Å². The van der Waals surface area contributed by atoms with Crippen LogP contribution in [0.4, 0.5) is 4.79 Å². The zero-order valence-electron chi connectivity index (χ0n) is 19.7. The molecule has 1 spiro atoms. The maximum Gasteiger partial charge on any atom is 0.410 e. The Morgan fingerprint density at radius 1 is 1.18 bits per heavy atom. The molecule has 9 nitrogen and oxygen atoms in total. The number of ether oxygens (including phenoxy) is 2. The Labute approximate surface area is 199 Å². The Morgan fingerprint density at radius 3 is 2.73 bits per heavy atom. The number of likely N-dealkylation sites (tertiary alicyclic amines) is 2. The third kappa shape index (κ3) is 4.55. The maximum absolute atomic E-state index is 12.5. The molecule has 33 heavy (non-hydrogen) atoms. The minimum atomic E-state index is -0.458. The van der Waals surface area contributed by atoms with Crippen molar-refractivity contribution in [1.29, 1.82) is 0 Å². The van der Waals surface area contributed by atoms with Crippen molar-refractivity contribution in [1.82, 2.24) is 29.3 Å². The Bertz CT molecular complexity index is 1010. The van der Waals surface area contributed by atoms with Crippen LogP contribution in [0.1, 0.15) is 65.5 Å². The molecule has 3 aliphatic heterocycles. The van der Waals surface area contributed by atoms with Gasteiger partial charge in [0.25, 0.3) is 0 Å². The van der Waals surface area contributed by atoms with Gasteiger partial charge >= 0.3 is 6.09 Å². The summed E-state index contributed by atoms with van der Waals surface area (Å²) >= 11 is 6.16. The number of nitrogens with zero attached hydrogens (tertiary/aromatic N) is 6. The molecule has 3 fully saturated rings. The summed E-state index contributed by atoms with van der Waals surface area (Å²) < 4.78 is 14.0. The van der Waals surface area contributed by atoms with E-state index in [2.05, 4.69) is 19.9 Å². The number of aromatic nitrogens is 4. The molecule has 2 aromatic rings. The number of amides is 1. The van der Waals surface area contributed by atoms with E-state index in [1.807, 2.05) is 30.2 Å². The molecule has 0 saturated carbocycles. The zero-order valence-corrected chi connectivity index (χ0v) is 20.4. The van der Waals surface area contributed by atoms with Gasteiger partial charge in [-0.1, -0.05) is 11.6 Å². The zero-order chi connectivity index (χ0) is 23.2. The number of imidazole rings is 1. The van der Waals surface area contributed by atoms with Crippen LogP contribution in [0.25, 0.3) is 11.2 Å². The molecular formula is C23H33ClN6O3. The molecule has 0 aliphatic carbocycles. The Kier molecular flexibility index (Phi) is 5.99. The molecule has 180 valence electrons. The van der Waals surface area contributed by atoms with Crippen LogP contribution < -0.4 is 0 Å². The normalized spacial score (nSPS) is 25.9. The minimum Gasteiger partial charge on any atom is -0.444 e. The van der Waals surface area contributed by atoms with E-state index in [0.717, 1.165) is 51.9 Å². The van der Waals surface area contributed by atoms with Crippen molar-refractivity contribution in [3.05, 3.63) is 17.8 Å². The first-order valence-corrected chi connectivity index (χ1v) is 12.3. The smallest absolute Gasteiger partial charge is 0.410 e. The van der Waals surface area contributed by atoms with Gasteiger partial charge in [0.1, 0.15) is 23.7 Å². The van der Waals surface area contributed by atoms with E-state index in [1.165, 1.54) is 19.2 Å². The van der Waals surface area contributed by atoms with Crippen LogP contribution in [0.15, 0.2) is 12.7 Å². The van der Waals surface area contributed by atoms with Crippen molar-refractivity contribution in [3.8, 4) is 0 Å². The number of hydrogen-bond acceptors (Lipinski definition) is 7. The largest absolute Gasteiger partial charge is 0.444 e. The number of hydrogen-bond donors (Lipinski definition) is 0. The molecule has 0 bridgehead atoms. The van der Waals surface area contributed by atoms with Gasteiger partial charge in [-0.05, 0) is 65.8 Å². The molecule has 10 heteroatoms. The lowest BCUT2D eigenvalue weighted by Gasteiger charge is -2.45. The lowest BCUT2D eigenvalue weighted by atomic mass is 9.85. The van der Waals surface area contributed by atoms with E-state index in [4.69, 9.17) is 21.1 Å². The molecule has 0 radical (unpaired) electrons. The minimum absolute atomic E-state index is 0.0847. The monoisotopic (exact) mass is 476 g/mol. The first kappa shape index (κ1) is 22.8. The summed E-state index contributed by atoms with van der Waals surface area (Å²) in [6.07, 6.45) is 9.40. The molecule has 2 aromatic heterocycles. The number of piperidine rings is 1. The first-order valence-electron chi connectivity index (χ1n) is 12.0. The highest BCUT2D eigenvalue weighted by Crippen LogP contribution is 2.40. The number of carbonyl (C=O) groups is 1. The van der Waals surface area contributed by atoms with Gasteiger partial charge in [0.05, 0.1) is 12.4 Å². The lowest BCUT2D eigenvalue weighted by molar-refractivity contribution is -0.0365. The molecule has 5 heterocycles. The van der Waals surface area contributed by atoms with Crippen molar-refractivity contribution in [3.63, 3.8) is 0 Å². The lowest BCUT2D eigenvalue weighted by Crippen LogP contribution is -2.55. The first-order chi connectivity index (χ1) is 15.7. The van der Waals surface area contributed by atoms with Crippen LogP contribution in [0, 0.1) is 0 Å². The summed E-state index contributed by atoms with van der Waals surface area (Å²) in [5.41, 5.74) is 1.04. The van der Waals surface area contributed by atoms with Crippen molar-refractivity contribution in [2.24, 2.45) is 0 Å². The standard InChI is InChI=1S/C23H33ClN6O3/c1-22(2,3)33-21(31)28-11-8-23(9-12-28)7-4-10-29(23)13-16-5-6-17(32-16)30-15-27-18-19(24)25-14-26-20(18)30/h14-17H,4-13H2,1-3H3. The van der Waals surface area contributed by atoms with E-state index in [0.29, 0.717) is 16.3 Å². The number of rotatable bonds is 3. The van der Waals surface area contributed by atoms with Crippen LogP contribution in [0.2, 0.25) is 5.15 Å². The average molecular weight is 477 g/mol. The Balaban J connectivity index is 1.20. The van der Waals surface area contributed by atoms with Crippen molar-refractivity contribution in [2.45, 2.75) is 82.8 Å². The van der Waals surface area contributed by atoms with Gasteiger partial charge in [0.15, 0.2) is 10.8 Å². The maximum atomic E-state index is 12.5. The molecular weight excluding hydrogens is 444 g/mol. The van der Waals surface area contributed by atoms with Crippen LogP contribution in [-0.2, 0) is 9.47 Å². The molecule has 1 amide bonds. The second kappa shape index (κ2) is 8.67. The summed E-state index contributed by atoms with van der Waals surface area (Å²) in [4.78, 5) is 29.7. The quantitative estimate of drug-likeness (QED) is 0.618. The van der Waals surface area contributed by atoms with Crippen LogP contribution in [-0.4, -0.2) is 78.8 Å². The molecule has 3 aliphatic rings. The second-order valence-corrected chi connectivity index (χ2v) is 10.9. The Morgan fingerprint density at radius 2 is 1.97 bits per heavy atom. The summed E-state index contributed by atoms with van der Waals surface area (Å²) in [7, 11) is 0. The van der Waals surface area contributed by atoms with Gasteiger partial charge in [-0.25, -0.2) is 19.7 Å². The molecule has 3 saturated heterocycles. The number of fused-ring (bicyclic) bond motifs is 1. The summed E-state index contributed by atoms with van der Waals surface area (Å²) in [6.45, 7) is 9.26. The summed E-state index contributed by atoms with van der Waals surface area (Å²) in [6, 6.07) is 0. The fourth-order valence-electron chi connectivity index (χ4n) is 5.58. The van der Waals surface area contributed by atoms with Crippen molar-refractivity contribution in [2.75, 3.05) is 26.2 Å². The van der Waals surface area contributed by atoms with Crippen LogP contribution >= 0.6 is 11.6 Å². The van der Waals surface area contributed by atoms with E-state index < -0.39 is 5.60 Å². The molecule has 0 N–H and O–H groups in total. The second-order valence-electron chi connectivity index (χ2n) is 10.5. The molecule has 2 atom stereocenters. The highest BCUT2D eigenvalue weighted by molar-refractivity contribution is 6.33. The molecule has 2 unspecified atom stereocenters. The highest BCUT2D eigenvalue weighted by Gasteiger charge is 2.45. The topological polar surface area (TPSA) is 85.6 Å². The third-order valence-electron chi connectivity index (χ3n) is 7.22. The van der Waals surface area contributed by atoms with E-state index in [-0.39, 0.29) is 24.0 Å². The van der Waals surface area contributed by atoms with Gasteiger partial charge in [0.2, 0.25) is 0 Å². The van der Waals surface area contributed by atoms with Gasteiger partial charge in [0, 0.05) is 25.2 Å². The van der Waals surface area contributed by atoms with E-state index >= 15 is 0 Å². The Hall–Kier alpha value is -1.97. The van der Waals surface area contributed by atoms with Gasteiger partial charge in [-0.2, -0.15) is 0 Å². The fourth-order valence-corrected chi connectivity index (χ4v) is 5.76. The molecule has 5 rings (SSSR count). The number of carbonyl (C=O) groups excluding carboxylic acids is 1. The van der Waals surface area contributed by atoms with Crippen LogP contribution in [0.5, 0.6) is 0 Å². The SMILES string of the molecule is CC(C)(C)OC(=O)N1CCC2(CCCN2CC2CCC(n3cnc4c(Cl)ncnc43)O2)CC1. The number of halogens is 1. The van der Waals surface area contributed by atoms with E-state index in [9.17, 15) is 4.79 Å². The highest BCUT2D eigenvalue weighted by atomic mass is 35.5. The van der Waals surface area contributed by atoms with Gasteiger partial charge in [-0.3, -0.25) is 9.47 Å². The van der Waals surface area contributed by atoms with Crippen molar-refractivity contribution >= 4 is 28.9 Å². The van der Waals surface area contributed by atoms with Crippen molar-refractivity contribution < 1.29 is 14.3 Å². The molecule has 0 aromatic carbocycles. The average Bonchev–Trinajstić information content (AvgIpc) is 3.48. The van der Waals surface area contributed by atoms with E-state index in [1.54, 1.807) is 6.33 Å². The summed E-state index contributed by atoms with van der Waals surface area (Å²) in [5, 5.41) is 0.366. The fraction of sp³-hybridized carbons (Fsp3) is 0.739. The summed E-state index contributed by atoms with van der Waals surface area (Å²) in [5.74, 6) is 0. The van der Waals surface area contributed by atoms with Gasteiger partial charge < -0.3 is 14.4 Å².